The summed E-state index contributed by atoms with van der Waals surface area (Å²) >= 11 is 0. The molecule has 11 heteroatoms. The van der Waals surface area contributed by atoms with E-state index < -0.39 is 60.4 Å². The van der Waals surface area contributed by atoms with Gasteiger partial charge in [-0.2, -0.15) is 0 Å². The normalized spacial score (nSPS) is 24.7. The van der Waals surface area contributed by atoms with E-state index in [1.54, 1.807) is 0 Å². The average Bonchev–Trinajstić information content (AvgIpc) is 2.67. The molecule has 1 rings (SSSR count). The van der Waals surface area contributed by atoms with E-state index in [2.05, 4.69) is 0 Å². The first-order valence-corrected chi connectivity index (χ1v) is 10.5. The summed E-state index contributed by atoms with van der Waals surface area (Å²) in [5, 5.41) is 0. The molecule has 5 atom stereocenters. The van der Waals surface area contributed by atoms with Gasteiger partial charge in [-0.3, -0.25) is 24.0 Å². The predicted molar refractivity (Wildman–Crippen MR) is 107 cm³/mol. The van der Waals surface area contributed by atoms with Crippen LogP contribution in [0.1, 0.15) is 60.3 Å². The number of rotatable bonds is 11. The number of hydrogen-bond donors (Lipinski definition) is 0. The zero-order valence-corrected chi connectivity index (χ0v) is 19.1. The molecule has 11 nitrogen and oxygen atoms in total. The molecular weight excluding hydrogens is 428 g/mol. The largest absolute Gasteiger partial charge is 0.466 e. The summed E-state index contributed by atoms with van der Waals surface area (Å²) in [7, 11) is 0. The highest BCUT2D eigenvalue weighted by Crippen LogP contribution is 2.31. The van der Waals surface area contributed by atoms with E-state index in [1.165, 1.54) is 6.92 Å². The molecule has 1 fully saturated rings. The summed E-state index contributed by atoms with van der Waals surface area (Å²) in [5.74, 6) is -3.17. The number of carbonyl (C=O) groups is 5. The second kappa shape index (κ2) is 13.7. The summed E-state index contributed by atoms with van der Waals surface area (Å²) in [4.78, 5) is 58.5. The van der Waals surface area contributed by atoms with Crippen LogP contribution in [0.25, 0.3) is 0 Å². The van der Waals surface area contributed by atoms with Gasteiger partial charge in [0.15, 0.2) is 18.3 Å². The Morgan fingerprint density at radius 1 is 0.719 bits per heavy atom. The topological polar surface area (TPSA) is 141 Å². The van der Waals surface area contributed by atoms with Crippen molar-refractivity contribution in [3.05, 3.63) is 0 Å². The van der Waals surface area contributed by atoms with Crippen LogP contribution in [-0.4, -0.2) is 73.6 Å². The van der Waals surface area contributed by atoms with Crippen LogP contribution in [0, 0.1) is 0 Å². The lowest BCUT2D eigenvalue weighted by molar-refractivity contribution is -0.253. The van der Waals surface area contributed by atoms with Crippen LogP contribution >= 0.6 is 0 Å². The van der Waals surface area contributed by atoms with E-state index in [0.717, 1.165) is 33.6 Å². The Morgan fingerprint density at radius 2 is 1.25 bits per heavy atom. The van der Waals surface area contributed by atoms with Gasteiger partial charge in [0.05, 0.1) is 12.7 Å². The maximum atomic E-state index is 12.0. The van der Waals surface area contributed by atoms with Crippen LogP contribution in [0.4, 0.5) is 0 Å². The summed E-state index contributed by atoms with van der Waals surface area (Å²) in [6, 6.07) is 0. The molecule has 0 unspecified atom stereocenters. The Bertz CT molecular complexity index is 675. The van der Waals surface area contributed by atoms with Gasteiger partial charge in [0.25, 0.3) is 0 Å². The van der Waals surface area contributed by atoms with Crippen molar-refractivity contribution < 1.29 is 52.4 Å². The lowest BCUT2D eigenvalue weighted by Gasteiger charge is -2.44. The zero-order valence-electron chi connectivity index (χ0n) is 19.1. The smallest absolute Gasteiger partial charge is 0.305 e. The van der Waals surface area contributed by atoms with E-state index in [-0.39, 0.29) is 26.1 Å². The molecule has 32 heavy (non-hydrogen) atoms. The maximum Gasteiger partial charge on any atom is 0.305 e. The minimum atomic E-state index is -1.24. The number of esters is 5. The van der Waals surface area contributed by atoms with Crippen molar-refractivity contribution >= 4 is 29.8 Å². The average molecular weight is 460 g/mol. The maximum absolute atomic E-state index is 12.0. The third kappa shape index (κ3) is 9.63. The third-order valence-electron chi connectivity index (χ3n) is 4.48. The molecule has 0 N–H and O–H groups in total. The second-order valence-corrected chi connectivity index (χ2v) is 7.35. The van der Waals surface area contributed by atoms with Crippen molar-refractivity contribution in [1.82, 2.24) is 0 Å². The van der Waals surface area contributed by atoms with Gasteiger partial charge in [-0.25, -0.2) is 0 Å². The fourth-order valence-corrected chi connectivity index (χ4v) is 3.21. The predicted octanol–water partition coefficient (Wildman–Crippen LogP) is 1.24. The van der Waals surface area contributed by atoms with Crippen LogP contribution in [0.2, 0.25) is 0 Å². The number of carbonyl (C=O) groups excluding carboxylic acids is 5. The lowest BCUT2D eigenvalue weighted by Crippen LogP contribution is -2.62. The molecule has 0 bridgehead atoms. The van der Waals surface area contributed by atoms with Crippen molar-refractivity contribution in [3.8, 4) is 0 Å². The summed E-state index contributed by atoms with van der Waals surface area (Å²) in [5.41, 5.74) is 0. The summed E-state index contributed by atoms with van der Waals surface area (Å²) < 4.78 is 32.0. The molecule has 0 aromatic heterocycles. The first-order valence-electron chi connectivity index (χ1n) is 10.5. The van der Waals surface area contributed by atoms with Crippen molar-refractivity contribution in [2.24, 2.45) is 0 Å². The number of unbranched alkanes of at least 4 members (excludes halogenated alkanes) is 1. The summed E-state index contributed by atoms with van der Waals surface area (Å²) in [6.45, 7) is 6.58. The van der Waals surface area contributed by atoms with Gasteiger partial charge in [-0.1, -0.05) is 13.3 Å². The minimum Gasteiger partial charge on any atom is -0.466 e. The lowest BCUT2D eigenvalue weighted by atomic mass is 9.92. The molecule has 1 aliphatic heterocycles. The fraction of sp³-hybridized carbons (Fsp3) is 0.762. The molecule has 0 radical (unpaired) electrons. The van der Waals surface area contributed by atoms with Crippen LogP contribution in [0.5, 0.6) is 0 Å². The first-order chi connectivity index (χ1) is 15.0. The Morgan fingerprint density at radius 3 is 1.75 bits per heavy atom. The van der Waals surface area contributed by atoms with Gasteiger partial charge >= 0.3 is 29.8 Å². The Hall–Kier alpha value is -2.69. The Labute approximate surface area is 187 Å². The minimum absolute atomic E-state index is 0.0581. The van der Waals surface area contributed by atoms with Gasteiger partial charge < -0.3 is 28.4 Å². The molecular formula is C21H32O11. The van der Waals surface area contributed by atoms with E-state index >= 15 is 0 Å². The van der Waals surface area contributed by atoms with Crippen LogP contribution in [0.15, 0.2) is 0 Å². The molecule has 0 aromatic carbocycles. The molecule has 182 valence electrons. The molecule has 1 saturated heterocycles. The zero-order chi connectivity index (χ0) is 24.3. The molecule has 0 amide bonds. The first kappa shape index (κ1) is 27.3. The van der Waals surface area contributed by atoms with E-state index in [4.69, 9.17) is 28.4 Å². The van der Waals surface area contributed by atoms with Crippen molar-refractivity contribution in [2.75, 3.05) is 13.2 Å². The highest BCUT2D eigenvalue weighted by atomic mass is 16.7. The van der Waals surface area contributed by atoms with Crippen molar-refractivity contribution in [3.63, 3.8) is 0 Å². The van der Waals surface area contributed by atoms with E-state index in [0.29, 0.717) is 0 Å². The fourth-order valence-electron chi connectivity index (χ4n) is 3.21. The Balaban J connectivity index is 3.15. The number of hydrogen-bond acceptors (Lipinski definition) is 11. The van der Waals surface area contributed by atoms with E-state index in [1.807, 2.05) is 6.92 Å². The third-order valence-corrected chi connectivity index (χ3v) is 4.48. The van der Waals surface area contributed by atoms with Gasteiger partial charge in [0.2, 0.25) is 0 Å². The van der Waals surface area contributed by atoms with E-state index in [9.17, 15) is 24.0 Å². The van der Waals surface area contributed by atoms with Gasteiger partial charge in [0, 0.05) is 34.1 Å². The van der Waals surface area contributed by atoms with Gasteiger partial charge in [-0.05, 0) is 12.8 Å². The van der Waals surface area contributed by atoms with Crippen LogP contribution in [-0.2, 0) is 52.4 Å². The van der Waals surface area contributed by atoms with Crippen molar-refractivity contribution in [2.45, 2.75) is 90.8 Å². The quantitative estimate of drug-likeness (QED) is 0.250. The van der Waals surface area contributed by atoms with Crippen molar-refractivity contribution in [1.29, 1.82) is 0 Å². The molecule has 1 heterocycles. The standard InChI is InChI=1S/C21H32O11/c1-6-7-10-27-18(26)9-8-16-19(29-13(3)23)21(31-15(5)25)20(30-14(4)24)17(32-16)11-28-12(2)22/h16-17,19-21H,6-11H2,1-5H3/t16-,17-,19-,20-,21-/m1/s1. The monoisotopic (exact) mass is 460 g/mol. The van der Waals surface area contributed by atoms with Crippen LogP contribution in [0.3, 0.4) is 0 Å². The summed E-state index contributed by atoms with van der Waals surface area (Å²) in [6.07, 6.45) is -3.98. The molecule has 0 spiro atoms. The van der Waals surface area contributed by atoms with Crippen LogP contribution < -0.4 is 0 Å². The molecule has 0 saturated carbocycles. The molecule has 0 aromatic rings. The number of ether oxygens (including phenoxy) is 6. The SMILES string of the molecule is CCCCOC(=O)CC[C@H]1O[C@H](COC(C)=O)[C@@H](OC(C)=O)[C@H](OC(C)=O)[C@@H]1OC(C)=O. The van der Waals surface area contributed by atoms with Gasteiger partial charge in [-0.15, -0.1) is 0 Å². The molecule has 1 aliphatic rings. The Kier molecular flexibility index (Phi) is 11.7. The highest BCUT2D eigenvalue weighted by Gasteiger charge is 2.51. The highest BCUT2D eigenvalue weighted by molar-refractivity contribution is 5.70. The second-order valence-electron chi connectivity index (χ2n) is 7.35. The molecule has 0 aliphatic carbocycles. The van der Waals surface area contributed by atoms with Gasteiger partial charge in [0.1, 0.15) is 12.7 Å².